The summed E-state index contributed by atoms with van der Waals surface area (Å²) in [6.07, 6.45) is 2.62. The van der Waals surface area contributed by atoms with Gasteiger partial charge in [-0.15, -0.1) is 11.3 Å². The third kappa shape index (κ3) is 2.39. The molecular weight excluding hydrogens is 258 g/mol. The van der Waals surface area contributed by atoms with Crippen LogP contribution in [-0.2, 0) is 13.0 Å². The SMILES string of the molecule is Cc1cnc2c(c1)nc(Cc1cccs1)n2CCO. The molecule has 5 heteroatoms. The number of hydrogen-bond acceptors (Lipinski definition) is 4. The Morgan fingerprint density at radius 3 is 3.05 bits per heavy atom. The van der Waals surface area contributed by atoms with Crippen molar-refractivity contribution in [3.63, 3.8) is 0 Å². The average molecular weight is 273 g/mol. The van der Waals surface area contributed by atoms with Crippen LogP contribution in [0.2, 0.25) is 0 Å². The molecule has 0 bridgehead atoms. The lowest BCUT2D eigenvalue weighted by Crippen LogP contribution is -2.07. The molecule has 1 N–H and O–H groups in total. The zero-order valence-corrected chi connectivity index (χ0v) is 11.5. The van der Waals surface area contributed by atoms with E-state index in [1.165, 1.54) is 4.88 Å². The fourth-order valence-corrected chi connectivity index (χ4v) is 2.90. The summed E-state index contributed by atoms with van der Waals surface area (Å²) in [5, 5.41) is 11.3. The van der Waals surface area contributed by atoms with Gasteiger partial charge < -0.3 is 9.67 Å². The molecule has 3 rings (SSSR count). The lowest BCUT2D eigenvalue weighted by Gasteiger charge is -2.05. The summed E-state index contributed by atoms with van der Waals surface area (Å²) >= 11 is 1.72. The van der Waals surface area contributed by atoms with E-state index in [1.807, 2.05) is 29.8 Å². The van der Waals surface area contributed by atoms with Gasteiger partial charge in [0.2, 0.25) is 0 Å². The zero-order valence-electron chi connectivity index (χ0n) is 10.7. The number of imidazole rings is 1. The standard InChI is InChI=1S/C14H15N3OS/c1-10-7-12-14(15-9-10)17(4-5-18)13(16-12)8-11-3-2-6-19-11/h2-3,6-7,9,18H,4-5,8H2,1H3. The summed E-state index contributed by atoms with van der Waals surface area (Å²) in [4.78, 5) is 10.4. The third-order valence-corrected chi connectivity index (χ3v) is 3.91. The maximum Gasteiger partial charge on any atom is 0.160 e. The normalized spacial score (nSPS) is 11.3. The third-order valence-electron chi connectivity index (χ3n) is 3.04. The van der Waals surface area contributed by atoms with Crippen LogP contribution < -0.4 is 0 Å². The van der Waals surface area contributed by atoms with Gasteiger partial charge in [0.05, 0.1) is 6.61 Å². The number of nitrogens with zero attached hydrogens (tertiary/aromatic N) is 3. The molecule has 4 nitrogen and oxygen atoms in total. The van der Waals surface area contributed by atoms with Gasteiger partial charge >= 0.3 is 0 Å². The van der Waals surface area contributed by atoms with Crippen LogP contribution in [0.15, 0.2) is 29.8 Å². The van der Waals surface area contributed by atoms with Crippen molar-refractivity contribution >= 4 is 22.5 Å². The van der Waals surface area contributed by atoms with E-state index >= 15 is 0 Å². The van der Waals surface area contributed by atoms with Crippen LogP contribution >= 0.6 is 11.3 Å². The highest BCUT2D eigenvalue weighted by molar-refractivity contribution is 7.09. The number of rotatable bonds is 4. The van der Waals surface area contributed by atoms with E-state index in [4.69, 9.17) is 0 Å². The summed E-state index contributed by atoms with van der Waals surface area (Å²) in [6.45, 7) is 2.64. The number of thiophene rings is 1. The van der Waals surface area contributed by atoms with E-state index in [9.17, 15) is 5.11 Å². The zero-order chi connectivity index (χ0) is 13.2. The molecule has 98 valence electrons. The number of pyridine rings is 1. The van der Waals surface area contributed by atoms with Gasteiger partial charge in [-0.3, -0.25) is 0 Å². The van der Waals surface area contributed by atoms with Gasteiger partial charge in [-0.25, -0.2) is 9.97 Å². The molecule has 0 atom stereocenters. The van der Waals surface area contributed by atoms with Crippen molar-refractivity contribution < 1.29 is 5.11 Å². The highest BCUT2D eigenvalue weighted by atomic mass is 32.1. The molecule has 0 unspecified atom stereocenters. The maximum absolute atomic E-state index is 9.23. The second kappa shape index (κ2) is 5.11. The van der Waals surface area contributed by atoms with Gasteiger partial charge in [0.1, 0.15) is 11.3 Å². The lowest BCUT2D eigenvalue weighted by atomic mass is 10.3. The van der Waals surface area contributed by atoms with Crippen LogP contribution in [0, 0.1) is 6.92 Å². The Labute approximate surface area is 115 Å². The van der Waals surface area contributed by atoms with E-state index in [0.717, 1.165) is 29.0 Å². The van der Waals surface area contributed by atoms with Gasteiger partial charge in [0, 0.05) is 24.0 Å². The summed E-state index contributed by atoms with van der Waals surface area (Å²) in [5.74, 6) is 0.963. The van der Waals surface area contributed by atoms with Crippen molar-refractivity contribution in [1.29, 1.82) is 0 Å². The van der Waals surface area contributed by atoms with Crippen LogP contribution in [0.5, 0.6) is 0 Å². The first-order chi connectivity index (χ1) is 9.28. The van der Waals surface area contributed by atoms with Crippen molar-refractivity contribution in [2.45, 2.75) is 19.9 Å². The minimum Gasteiger partial charge on any atom is -0.395 e. The Bertz CT molecular complexity index is 688. The van der Waals surface area contributed by atoms with Crippen molar-refractivity contribution in [3.05, 3.63) is 46.0 Å². The van der Waals surface area contributed by atoms with Crippen LogP contribution in [-0.4, -0.2) is 26.2 Å². The number of aromatic nitrogens is 3. The molecule has 3 aromatic heterocycles. The summed E-state index contributed by atoms with van der Waals surface area (Å²) in [7, 11) is 0. The number of aryl methyl sites for hydroxylation is 1. The Hall–Kier alpha value is -1.72. The first-order valence-electron chi connectivity index (χ1n) is 6.23. The molecule has 0 fully saturated rings. The monoisotopic (exact) mass is 273 g/mol. The minimum absolute atomic E-state index is 0.0957. The largest absolute Gasteiger partial charge is 0.395 e. The fraction of sp³-hybridized carbons (Fsp3) is 0.286. The topological polar surface area (TPSA) is 50.9 Å². The highest BCUT2D eigenvalue weighted by Gasteiger charge is 2.12. The molecule has 0 aliphatic heterocycles. The summed E-state index contributed by atoms with van der Waals surface area (Å²) in [5.41, 5.74) is 2.86. The van der Waals surface area contributed by atoms with Crippen molar-refractivity contribution in [3.8, 4) is 0 Å². The maximum atomic E-state index is 9.23. The van der Waals surface area contributed by atoms with Crippen molar-refractivity contribution in [1.82, 2.24) is 14.5 Å². The van der Waals surface area contributed by atoms with Crippen LogP contribution in [0.3, 0.4) is 0 Å². The number of aliphatic hydroxyl groups excluding tert-OH is 1. The van der Waals surface area contributed by atoms with E-state index in [-0.39, 0.29) is 6.61 Å². The first kappa shape index (κ1) is 12.3. The molecular formula is C14H15N3OS. The molecule has 0 amide bonds. The minimum atomic E-state index is 0.0957. The first-order valence-corrected chi connectivity index (χ1v) is 7.11. The van der Waals surface area contributed by atoms with Crippen LogP contribution in [0.4, 0.5) is 0 Å². The van der Waals surface area contributed by atoms with Gasteiger partial charge in [-0.05, 0) is 30.0 Å². The van der Waals surface area contributed by atoms with E-state index < -0.39 is 0 Å². The summed E-state index contributed by atoms with van der Waals surface area (Å²) < 4.78 is 2.01. The second-order valence-corrected chi connectivity index (χ2v) is 5.55. The van der Waals surface area contributed by atoms with Gasteiger partial charge in [-0.1, -0.05) is 6.07 Å². The number of hydrogen-bond donors (Lipinski definition) is 1. The fourth-order valence-electron chi connectivity index (χ4n) is 2.20. The highest BCUT2D eigenvalue weighted by Crippen LogP contribution is 2.19. The Morgan fingerprint density at radius 1 is 1.42 bits per heavy atom. The molecule has 0 aliphatic rings. The quantitative estimate of drug-likeness (QED) is 0.794. The van der Waals surface area contributed by atoms with Crippen LogP contribution in [0.25, 0.3) is 11.2 Å². The average Bonchev–Trinajstić information content (AvgIpc) is 2.99. The predicted molar refractivity (Wildman–Crippen MR) is 76.5 cm³/mol. The smallest absolute Gasteiger partial charge is 0.160 e. The Kier molecular flexibility index (Phi) is 3.31. The van der Waals surface area contributed by atoms with Crippen LogP contribution in [0.1, 0.15) is 16.3 Å². The molecule has 0 radical (unpaired) electrons. The molecule has 3 heterocycles. The number of aliphatic hydroxyl groups is 1. The van der Waals surface area contributed by atoms with Gasteiger partial charge in [0.25, 0.3) is 0 Å². The number of fused-ring (bicyclic) bond motifs is 1. The lowest BCUT2D eigenvalue weighted by molar-refractivity contribution is 0.276. The van der Waals surface area contributed by atoms with Crippen molar-refractivity contribution in [2.24, 2.45) is 0 Å². The predicted octanol–water partition coefficient (Wildman–Crippen LogP) is 2.38. The molecule has 0 saturated carbocycles. The van der Waals surface area contributed by atoms with E-state index in [2.05, 4.69) is 21.4 Å². The Balaban J connectivity index is 2.08. The molecule has 0 spiro atoms. The summed E-state index contributed by atoms with van der Waals surface area (Å²) in [6, 6.07) is 6.18. The molecule has 0 aromatic carbocycles. The second-order valence-electron chi connectivity index (χ2n) is 4.51. The molecule has 0 saturated heterocycles. The van der Waals surface area contributed by atoms with E-state index in [1.54, 1.807) is 11.3 Å². The molecule has 3 aromatic rings. The molecule has 0 aliphatic carbocycles. The van der Waals surface area contributed by atoms with E-state index in [0.29, 0.717) is 6.54 Å². The molecule has 19 heavy (non-hydrogen) atoms. The Morgan fingerprint density at radius 2 is 2.32 bits per heavy atom. The van der Waals surface area contributed by atoms with Gasteiger partial charge in [0.15, 0.2) is 5.65 Å². The van der Waals surface area contributed by atoms with Crippen molar-refractivity contribution in [2.75, 3.05) is 6.61 Å². The van der Waals surface area contributed by atoms with Gasteiger partial charge in [-0.2, -0.15) is 0 Å².